The average Bonchev–Trinajstić information content (AvgIpc) is 1.87. The minimum atomic E-state index is -0.523. The van der Waals surface area contributed by atoms with Crippen LogP contribution in [0, 0.1) is 5.92 Å². The molecule has 0 spiro atoms. The van der Waals surface area contributed by atoms with Gasteiger partial charge in [-0.15, -0.1) is 0 Å². The Balaban J connectivity index is 4.07. The van der Waals surface area contributed by atoms with E-state index in [0.717, 1.165) is 0 Å². The van der Waals surface area contributed by atoms with Crippen LogP contribution >= 0.6 is 0 Å². The fourth-order valence-electron chi connectivity index (χ4n) is 0.617. The molecule has 4 heteroatoms. The lowest BCUT2D eigenvalue weighted by Crippen LogP contribution is -2.19. The lowest BCUT2D eigenvalue weighted by Gasteiger charge is -2.05. The van der Waals surface area contributed by atoms with Gasteiger partial charge in [0.1, 0.15) is 5.78 Å². The molecule has 10 heavy (non-hydrogen) atoms. The Morgan fingerprint density at radius 3 is 2.30 bits per heavy atom. The maximum atomic E-state index is 11.0. The Hall–Kier alpha value is -1.02. The monoisotopic (exact) mass is 141 g/mol. The van der Waals surface area contributed by atoms with Crippen LogP contribution in [0.5, 0.6) is 0 Å². The van der Waals surface area contributed by atoms with E-state index in [0.29, 0.717) is 0 Å². The molecule has 0 bridgehead atoms. The quantitative estimate of drug-likeness (QED) is 0.336. The van der Waals surface area contributed by atoms with Gasteiger partial charge in [0.05, 0.1) is 6.04 Å². The SMILES string of the molecule is CC(C)C(=O)C(C)N=[N+]=[N-]. The second-order valence-electron chi connectivity index (χ2n) is 2.44. The van der Waals surface area contributed by atoms with E-state index in [4.69, 9.17) is 5.53 Å². The first-order valence-corrected chi connectivity index (χ1v) is 3.17. The summed E-state index contributed by atoms with van der Waals surface area (Å²) in [6, 6.07) is -0.523. The van der Waals surface area contributed by atoms with Gasteiger partial charge in [0.15, 0.2) is 0 Å². The van der Waals surface area contributed by atoms with Gasteiger partial charge in [0.25, 0.3) is 0 Å². The molecule has 0 rings (SSSR count). The Labute approximate surface area is 59.9 Å². The largest absolute Gasteiger partial charge is 0.299 e. The summed E-state index contributed by atoms with van der Waals surface area (Å²) in [6.07, 6.45) is 0. The topological polar surface area (TPSA) is 65.8 Å². The van der Waals surface area contributed by atoms with Crippen LogP contribution in [0.25, 0.3) is 10.4 Å². The highest BCUT2D eigenvalue weighted by molar-refractivity contribution is 5.85. The van der Waals surface area contributed by atoms with Gasteiger partial charge in [-0.2, -0.15) is 0 Å². The number of nitrogens with zero attached hydrogens (tertiary/aromatic N) is 3. The molecule has 0 radical (unpaired) electrons. The highest BCUT2D eigenvalue weighted by atomic mass is 16.1. The highest BCUT2D eigenvalue weighted by Crippen LogP contribution is 2.02. The molecule has 0 aliphatic carbocycles. The molecule has 0 saturated heterocycles. The van der Waals surface area contributed by atoms with E-state index in [2.05, 4.69) is 10.0 Å². The molecule has 0 aromatic rings. The van der Waals surface area contributed by atoms with Crippen molar-refractivity contribution in [3.05, 3.63) is 10.4 Å². The fraction of sp³-hybridized carbons (Fsp3) is 0.833. The Kier molecular flexibility index (Phi) is 3.51. The van der Waals surface area contributed by atoms with Crippen molar-refractivity contribution >= 4 is 5.78 Å². The first-order valence-electron chi connectivity index (χ1n) is 3.17. The standard InChI is InChI=1S/C6H11N3O/c1-4(2)6(10)5(3)8-9-7/h4-5H,1-3H3. The van der Waals surface area contributed by atoms with Crippen LogP contribution in [0.4, 0.5) is 0 Å². The molecular formula is C6H11N3O. The summed E-state index contributed by atoms with van der Waals surface area (Å²) in [7, 11) is 0. The molecule has 4 nitrogen and oxygen atoms in total. The molecule has 1 unspecified atom stereocenters. The second-order valence-corrected chi connectivity index (χ2v) is 2.44. The lowest BCUT2D eigenvalue weighted by molar-refractivity contribution is -0.122. The average molecular weight is 141 g/mol. The van der Waals surface area contributed by atoms with E-state index in [1.165, 1.54) is 0 Å². The summed E-state index contributed by atoms with van der Waals surface area (Å²) in [6.45, 7) is 5.17. The van der Waals surface area contributed by atoms with Gasteiger partial charge in [-0.1, -0.05) is 19.0 Å². The molecule has 0 aromatic heterocycles. The van der Waals surface area contributed by atoms with Gasteiger partial charge in [-0.05, 0) is 12.5 Å². The summed E-state index contributed by atoms with van der Waals surface area (Å²) < 4.78 is 0. The summed E-state index contributed by atoms with van der Waals surface area (Å²) in [4.78, 5) is 13.5. The number of carbonyl (C=O) groups is 1. The highest BCUT2D eigenvalue weighted by Gasteiger charge is 2.13. The summed E-state index contributed by atoms with van der Waals surface area (Å²) in [5.74, 6) is -0.0710. The van der Waals surface area contributed by atoms with Crippen molar-refractivity contribution in [2.45, 2.75) is 26.8 Å². The third kappa shape index (κ3) is 2.51. The van der Waals surface area contributed by atoms with Gasteiger partial charge in [-0.25, -0.2) is 0 Å². The maximum absolute atomic E-state index is 11.0. The molecule has 0 aliphatic rings. The minimum absolute atomic E-state index is 0.0159. The van der Waals surface area contributed by atoms with Gasteiger partial charge in [0.2, 0.25) is 0 Å². The Bertz CT molecular complexity index is 170. The minimum Gasteiger partial charge on any atom is -0.299 e. The van der Waals surface area contributed by atoms with Gasteiger partial charge >= 0.3 is 0 Å². The normalized spacial score (nSPS) is 12.4. The predicted molar refractivity (Wildman–Crippen MR) is 38.5 cm³/mol. The Morgan fingerprint density at radius 1 is 1.50 bits per heavy atom. The second kappa shape index (κ2) is 3.90. The van der Waals surface area contributed by atoms with E-state index in [1.807, 2.05) is 0 Å². The zero-order valence-corrected chi connectivity index (χ0v) is 6.40. The summed E-state index contributed by atoms with van der Waals surface area (Å²) in [5.41, 5.74) is 7.97. The zero-order chi connectivity index (χ0) is 8.15. The van der Waals surface area contributed by atoms with Crippen molar-refractivity contribution in [2.75, 3.05) is 0 Å². The molecule has 0 aromatic carbocycles. The van der Waals surface area contributed by atoms with Crippen LogP contribution in [-0.4, -0.2) is 11.8 Å². The summed E-state index contributed by atoms with van der Waals surface area (Å²) >= 11 is 0. The van der Waals surface area contributed by atoms with E-state index < -0.39 is 6.04 Å². The number of rotatable bonds is 3. The molecule has 0 aliphatic heterocycles. The van der Waals surface area contributed by atoms with E-state index in [9.17, 15) is 4.79 Å². The van der Waals surface area contributed by atoms with E-state index in [-0.39, 0.29) is 11.7 Å². The summed E-state index contributed by atoms with van der Waals surface area (Å²) in [5, 5.41) is 3.28. The molecular weight excluding hydrogens is 130 g/mol. The van der Waals surface area contributed by atoms with Crippen molar-refractivity contribution in [2.24, 2.45) is 11.0 Å². The molecule has 0 fully saturated rings. The Morgan fingerprint density at radius 2 is 2.00 bits per heavy atom. The van der Waals surface area contributed by atoms with Gasteiger partial charge < -0.3 is 0 Å². The van der Waals surface area contributed by atoms with Crippen LogP contribution in [-0.2, 0) is 4.79 Å². The van der Waals surface area contributed by atoms with Crippen molar-refractivity contribution in [1.82, 2.24) is 0 Å². The van der Waals surface area contributed by atoms with Crippen LogP contribution in [0.1, 0.15) is 20.8 Å². The first-order chi connectivity index (χ1) is 4.59. The number of hydrogen-bond donors (Lipinski definition) is 0. The van der Waals surface area contributed by atoms with Gasteiger partial charge in [0, 0.05) is 10.8 Å². The van der Waals surface area contributed by atoms with Gasteiger partial charge in [-0.3, -0.25) is 4.79 Å². The number of Topliss-reactive ketones (excluding diaryl/α,β-unsaturated/α-hetero) is 1. The van der Waals surface area contributed by atoms with Crippen molar-refractivity contribution < 1.29 is 4.79 Å². The van der Waals surface area contributed by atoms with E-state index in [1.54, 1.807) is 20.8 Å². The third-order valence-corrected chi connectivity index (χ3v) is 1.21. The third-order valence-electron chi connectivity index (χ3n) is 1.21. The number of azide groups is 1. The van der Waals surface area contributed by atoms with Crippen LogP contribution in [0.2, 0.25) is 0 Å². The zero-order valence-electron chi connectivity index (χ0n) is 6.40. The molecule has 0 N–H and O–H groups in total. The number of hydrogen-bond acceptors (Lipinski definition) is 2. The van der Waals surface area contributed by atoms with Crippen molar-refractivity contribution in [3.63, 3.8) is 0 Å². The van der Waals surface area contributed by atoms with Crippen LogP contribution < -0.4 is 0 Å². The number of ketones is 1. The molecule has 56 valence electrons. The van der Waals surface area contributed by atoms with Crippen molar-refractivity contribution in [3.8, 4) is 0 Å². The molecule has 1 atom stereocenters. The number of carbonyl (C=O) groups excluding carboxylic acids is 1. The molecule has 0 heterocycles. The fourth-order valence-corrected chi connectivity index (χ4v) is 0.617. The molecule has 0 amide bonds. The first kappa shape index (κ1) is 8.98. The van der Waals surface area contributed by atoms with Crippen molar-refractivity contribution in [1.29, 1.82) is 0 Å². The van der Waals surface area contributed by atoms with Crippen LogP contribution in [0.3, 0.4) is 0 Å². The molecule has 0 saturated carbocycles. The maximum Gasteiger partial charge on any atom is 0.144 e. The van der Waals surface area contributed by atoms with Crippen LogP contribution in [0.15, 0.2) is 5.11 Å². The smallest absolute Gasteiger partial charge is 0.144 e. The lowest BCUT2D eigenvalue weighted by atomic mass is 10.0. The van der Waals surface area contributed by atoms with E-state index >= 15 is 0 Å². The predicted octanol–water partition coefficient (Wildman–Crippen LogP) is 1.91.